The van der Waals surface area contributed by atoms with E-state index >= 15 is 0 Å². The summed E-state index contributed by atoms with van der Waals surface area (Å²) in [7, 11) is 1.58. The van der Waals surface area contributed by atoms with Gasteiger partial charge in [-0.15, -0.1) is 0 Å². The standard InChI is InChI=1S/C12H19N3O2/c1-8-5-6-15(10(8)7-16)12-9(13)3-4-11(14-12)17-2/h3-4,8,10,16H,5-7,13H2,1-2H3. The fourth-order valence-corrected chi connectivity index (χ4v) is 2.34. The monoisotopic (exact) mass is 237 g/mol. The van der Waals surface area contributed by atoms with Crippen LogP contribution in [0.4, 0.5) is 11.5 Å². The van der Waals surface area contributed by atoms with E-state index in [2.05, 4.69) is 16.8 Å². The molecule has 2 atom stereocenters. The molecule has 1 aromatic rings. The molecule has 0 bridgehead atoms. The largest absolute Gasteiger partial charge is 0.481 e. The third-order valence-corrected chi connectivity index (χ3v) is 3.43. The second-order valence-corrected chi connectivity index (χ2v) is 4.48. The van der Waals surface area contributed by atoms with Crippen molar-refractivity contribution in [2.24, 2.45) is 5.92 Å². The van der Waals surface area contributed by atoms with Gasteiger partial charge in [0.05, 0.1) is 25.4 Å². The molecule has 0 radical (unpaired) electrons. The van der Waals surface area contributed by atoms with E-state index < -0.39 is 0 Å². The number of methoxy groups -OCH3 is 1. The molecule has 2 unspecified atom stereocenters. The minimum atomic E-state index is 0.0944. The number of nitrogen functional groups attached to an aromatic ring is 1. The summed E-state index contributed by atoms with van der Waals surface area (Å²) >= 11 is 0. The Hall–Kier alpha value is -1.49. The molecule has 0 spiro atoms. The lowest BCUT2D eigenvalue weighted by molar-refractivity contribution is 0.244. The molecule has 0 aliphatic carbocycles. The summed E-state index contributed by atoms with van der Waals surface area (Å²) in [6, 6.07) is 3.63. The number of rotatable bonds is 3. The Morgan fingerprint density at radius 1 is 1.59 bits per heavy atom. The maximum absolute atomic E-state index is 9.44. The molecule has 5 nitrogen and oxygen atoms in total. The molecule has 2 rings (SSSR count). The van der Waals surface area contributed by atoms with Crippen molar-refractivity contribution in [3.05, 3.63) is 12.1 Å². The number of ether oxygens (including phenoxy) is 1. The van der Waals surface area contributed by atoms with Gasteiger partial charge in [0.2, 0.25) is 5.88 Å². The van der Waals surface area contributed by atoms with Gasteiger partial charge < -0.3 is 20.5 Å². The maximum atomic E-state index is 9.44. The minimum absolute atomic E-state index is 0.0944. The van der Waals surface area contributed by atoms with Gasteiger partial charge in [0, 0.05) is 12.6 Å². The van der Waals surface area contributed by atoms with E-state index in [1.165, 1.54) is 0 Å². The van der Waals surface area contributed by atoms with Crippen LogP contribution >= 0.6 is 0 Å². The molecule has 3 N–H and O–H groups in total. The van der Waals surface area contributed by atoms with Crippen LogP contribution in [-0.4, -0.2) is 36.4 Å². The Kier molecular flexibility index (Phi) is 3.38. The Morgan fingerprint density at radius 2 is 2.35 bits per heavy atom. The molecular formula is C12H19N3O2. The second kappa shape index (κ2) is 4.79. The van der Waals surface area contributed by atoms with Crippen molar-refractivity contribution in [1.82, 2.24) is 4.98 Å². The first-order valence-corrected chi connectivity index (χ1v) is 5.85. The van der Waals surface area contributed by atoms with E-state index in [0.29, 0.717) is 23.3 Å². The summed E-state index contributed by atoms with van der Waals surface area (Å²) in [5, 5.41) is 9.44. The van der Waals surface area contributed by atoms with Gasteiger partial charge >= 0.3 is 0 Å². The highest BCUT2D eigenvalue weighted by Crippen LogP contribution is 2.32. The molecule has 1 fully saturated rings. The molecule has 1 saturated heterocycles. The van der Waals surface area contributed by atoms with E-state index in [0.717, 1.165) is 13.0 Å². The van der Waals surface area contributed by atoms with Crippen LogP contribution < -0.4 is 15.4 Å². The van der Waals surface area contributed by atoms with Gasteiger partial charge in [-0.05, 0) is 18.4 Å². The molecule has 2 heterocycles. The van der Waals surface area contributed by atoms with E-state index in [-0.39, 0.29) is 12.6 Å². The molecular weight excluding hydrogens is 218 g/mol. The average molecular weight is 237 g/mol. The van der Waals surface area contributed by atoms with E-state index in [1.807, 2.05) is 0 Å². The molecule has 5 heteroatoms. The predicted octanol–water partition coefficient (Wildman–Crippen LogP) is 0.879. The number of aliphatic hydroxyl groups excluding tert-OH is 1. The normalized spacial score (nSPS) is 24.1. The number of anilines is 2. The molecule has 1 aromatic heterocycles. The van der Waals surface area contributed by atoms with Crippen LogP contribution in [0.5, 0.6) is 5.88 Å². The maximum Gasteiger partial charge on any atom is 0.215 e. The Bertz CT molecular complexity index is 397. The highest BCUT2D eigenvalue weighted by Gasteiger charge is 2.32. The fraction of sp³-hybridized carbons (Fsp3) is 0.583. The van der Waals surface area contributed by atoms with Gasteiger partial charge in [0.15, 0.2) is 5.82 Å². The van der Waals surface area contributed by atoms with Crippen LogP contribution in [0.25, 0.3) is 0 Å². The van der Waals surface area contributed by atoms with Crippen molar-refractivity contribution in [2.75, 3.05) is 30.9 Å². The Labute approximate surface area is 101 Å². The predicted molar refractivity (Wildman–Crippen MR) is 67.2 cm³/mol. The molecule has 0 amide bonds. The average Bonchev–Trinajstić information content (AvgIpc) is 2.71. The second-order valence-electron chi connectivity index (χ2n) is 4.48. The van der Waals surface area contributed by atoms with Crippen molar-refractivity contribution in [3.63, 3.8) is 0 Å². The van der Waals surface area contributed by atoms with Crippen LogP contribution in [0.1, 0.15) is 13.3 Å². The van der Waals surface area contributed by atoms with Gasteiger partial charge in [-0.1, -0.05) is 6.92 Å². The van der Waals surface area contributed by atoms with Crippen molar-refractivity contribution in [2.45, 2.75) is 19.4 Å². The van der Waals surface area contributed by atoms with Crippen LogP contribution in [0.2, 0.25) is 0 Å². The number of aliphatic hydroxyl groups is 1. The number of pyridine rings is 1. The number of aromatic nitrogens is 1. The quantitative estimate of drug-likeness (QED) is 0.816. The zero-order valence-corrected chi connectivity index (χ0v) is 10.3. The molecule has 0 saturated carbocycles. The Morgan fingerprint density at radius 3 is 3.00 bits per heavy atom. The number of hydrogen-bond donors (Lipinski definition) is 2. The molecule has 1 aliphatic rings. The van der Waals surface area contributed by atoms with E-state index in [9.17, 15) is 5.11 Å². The van der Waals surface area contributed by atoms with Crippen LogP contribution in [0.15, 0.2) is 12.1 Å². The highest BCUT2D eigenvalue weighted by molar-refractivity contribution is 5.64. The Balaban J connectivity index is 2.32. The summed E-state index contributed by atoms with van der Waals surface area (Å²) in [5.41, 5.74) is 6.57. The summed E-state index contributed by atoms with van der Waals surface area (Å²) in [5.74, 6) is 1.71. The first-order chi connectivity index (χ1) is 8.17. The first-order valence-electron chi connectivity index (χ1n) is 5.85. The summed E-state index contributed by atoms with van der Waals surface area (Å²) in [4.78, 5) is 6.44. The van der Waals surface area contributed by atoms with Gasteiger partial charge in [-0.3, -0.25) is 0 Å². The smallest absolute Gasteiger partial charge is 0.215 e. The summed E-state index contributed by atoms with van der Waals surface area (Å²) in [6.45, 7) is 3.13. The number of nitrogens with zero attached hydrogens (tertiary/aromatic N) is 2. The zero-order chi connectivity index (χ0) is 12.4. The third kappa shape index (κ3) is 2.15. The van der Waals surface area contributed by atoms with Crippen LogP contribution in [0.3, 0.4) is 0 Å². The van der Waals surface area contributed by atoms with E-state index in [4.69, 9.17) is 10.5 Å². The van der Waals surface area contributed by atoms with Gasteiger partial charge in [0.1, 0.15) is 0 Å². The summed E-state index contributed by atoms with van der Waals surface area (Å²) in [6.07, 6.45) is 1.05. The lowest BCUT2D eigenvalue weighted by Crippen LogP contribution is -2.36. The SMILES string of the molecule is COc1ccc(N)c(N2CCC(C)C2CO)n1. The first kappa shape index (κ1) is 12.0. The van der Waals surface area contributed by atoms with E-state index in [1.54, 1.807) is 19.2 Å². The van der Waals surface area contributed by atoms with Crippen LogP contribution in [-0.2, 0) is 0 Å². The van der Waals surface area contributed by atoms with Crippen LogP contribution in [0, 0.1) is 5.92 Å². The summed E-state index contributed by atoms with van der Waals surface area (Å²) < 4.78 is 5.11. The zero-order valence-electron chi connectivity index (χ0n) is 10.3. The van der Waals surface area contributed by atoms with Crippen molar-refractivity contribution in [3.8, 4) is 5.88 Å². The van der Waals surface area contributed by atoms with Gasteiger partial charge in [0.25, 0.3) is 0 Å². The number of hydrogen-bond acceptors (Lipinski definition) is 5. The molecule has 94 valence electrons. The molecule has 1 aliphatic heterocycles. The minimum Gasteiger partial charge on any atom is -0.481 e. The topological polar surface area (TPSA) is 71.6 Å². The van der Waals surface area contributed by atoms with Gasteiger partial charge in [-0.25, -0.2) is 0 Å². The lowest BCUT2D eigenvalue weighted by Gasteiger charge is -2.27. The van der Waals surface area contributed by atoms with Crippen molar-refractivity contribution >= 4 is 11.5 Å². The lowest BCUT2D eigenvalue weighted by atomic mass is 10.0. The third-order valence-electron chi connectivity index (χ3n) is 3.43. The highest BCUT2D eigenvalue weighted by atomic mass is 16.5. The van der Waals surface area contributed by atoms with Gasteiger partial charge in [-0.2, -0.15) is 4.98 Å². The van der Waals surface area contributed by atoms with Crippen molar-refractivity contribution < 1.29 is 9.84 Å². The molecule has 17 heavy (non-hydrogen) atoms. The molecule has 0 aromatic carbocycles. The van der Waals surface area contributed by atoms with Crippen molar-refractivity contribution in [1.29, 1.82) is 0 Å². The number of nitrogens with two attached hydrogens (primary N) is 1. The fourth-order valence-electron chi connectivity index (χ4n) is 2.34.